The Morgan fingerprint density at radius 3 is 2.18 bits per heavy atom. The molecule has 0 amide bonds. The first-order valence-electron chi connectivity index (χ1n) is 5.76. The zero-order valence-corrected chi connectivity index (χ0v) is 10.7. The van der Waals surface area contributed by atoms with Gasteiger partial charge in [0.1, 0.15) is 17.2 Å². The third-order valence-corrected chi connectivity index (χ3v) is 2.43. The molecule has 116 valence electrons. The van der Waals surface area contributed by atoms with Crippen molar-refractivity contribution in [2.24, 2.45) is 0 Å². The summed E-state index contributed by atoms with van der Waals surface area (Å²) in [6.45, 7) is 0. The molecule has 0 saturated carbocycles. The van der Waals surface area contributed by atoms with Crippen LogP contribution >= 0.6 is 0 Å². The lowest BCUT2D eigenvalue weighted by atomic mass is 10.2. The Hall–Kier alpha value is -2.97. The molecule has 0 spiro atoms. The van der Waals surface area contributed by atoms with Crippen molar-refractivity contribution < 1.29 is 32.7 Å². The van der Waals surface area contributed by atoms with E-state index in [1.807, 2.05) is 0 Å². The number of hydrogen-bond donors (Lipinski definition) is 1. The molecule has 2 aromatic carbocycles. The van der Waals surface area contributed by atoms with Gasteiger partial charge in [0.2, 0.25) is 5.75 Å². The monoisotopic (exact) mass is 315 g/mol. The number of aromatic hydroxyl groups is 1. The first-order chi connectivity index (χ1) is 10.2. The van der Waals surface area contributed by atoms with Crippen molar-refractivity contribution in [3.05, 3.63) is 52.6 Å². The molecule has 0 aromatic heterocycles. The number of benzene rings is 2. The Morgan fingerprint density at radius 2 is 1.64 bits per heavy atom. The van der Waals surface area contributed by atoms with Gasteiger partial charge in [0.15, 0.2) is 0 Å². The van der Waals surface area contributed by atoms with E-state index in [0.717, 1.165) is 12.1 Å². The summed E-state index contributed by atoms with van der Waals surface area (Å²) < 4.78 is 45.2. The molecular formula is C13H8F3NO5. The molecule has 0 fully saturated rings. The van der Waals surface area contributed by atoms with Crippen molar-refractivity contribution in [1.82, 2.24) is 0 Å². The van der Waals surface area contributed by atoms with E-state index >= 15 is 0 Å². The number of rotatable bonds is 4. The molecule has 2 aromatic rings. The third-order valence-electron chi connectivity index (χ3n) is 2.43. The summed E-state index contributed by atoms with van der Waals surface area (Å²) in [5.74, 6) is -0.844. The molecule has 0 aliphatic carbocycles. The number of ether oxygens (including phenoxy) is 2. The molecule has 0 aliphatic heterocycles. The second kappa shape index (κ2) is 5.80. The quantitative estimate of drug-likeness (QED) is 0.681. The third kappa shape index (κ3) is 4.01. The molecule has 9 heteroatoms. The molecule has 22 heavy (non-hydrogen) atoms. The van der Waals surface area contributed by atoms with Crippen molar-refractivity contribution >= 4 is 5.69 Å². The van der Waals surface area contributed by atoms with Crippen molar-refractivity contribution in [1.29, 1.82) is 0 Å². The fourth-order valence-corrected chi connectivity index (χ4v) is 1.56. The van der Waals surface area contributed by atoms with Gasteiger partial charge in [-0.2, -0.15) is 0 Å². The lowest BCUT2D eigenvalue weighted by Gasteiger charge is -2.10. The number of alkyl halides is 3. The fraction of sp³-hybridized carbons (Fsp3) is 0.0769. The number of halogens is 3. The van der Waals surface area contributed by atoms with Crippen LogP contribution in [0.5, 0.6) is 23.0 Å². The van der Waals surface area contributed by atoms with Crippen molar-refractivity contribution in [3.63, 3.8) is 0 Å². The predicted molar refractivity (Wildman–Crippen MR) is 68.0 cm³/mol. The van der Waals surface area contributed by atoms with E-state index in [1.54, 1.807) is 0 Å². The van der Waals surface area contributed by atoms with Crippen LogP contribution in [0.15, 0.2) is 42.5 Å². The summed E-state index contributed by atoms with van der Waals surface area (Å²) >= 11 is 0. The van der Waals surface area contributed by atoms with E-state index in [0.29, 0.717) is 6.07 Å². The average molecular weight is 315 g/mol. The van der Waals surface area contributed by atoms with Crippen molar-refractivity contribution in [2.75, 3.05) is 0 Å². The minimum absolute atomic E-state index is 0.0317. The maximum absolute atomic E-state index is 12.1. The van der Waals surface area contributed by atoms with Crippen LogP contribution < -0.4 is 9.47 Å². The zero-order chi connectivity index (χ0) is 16.3. The molecule has 0 aliphatic rings. The zero-order valence-electron chi connectivity index (χ0n) is 10.7. The summed E-state index contributed by atoms with van der Waals surface area (Å²) in [6, 6.07) is 7.79. The van der Waals surface area contributed by atoms with Crippen LogP contribution in [-0.4, -0.2) is 16.4 Å². The Morgan fingerprint density at radius 1 is 1.05 bits per heavy atom. The summed E-state index contributed by atoms with van der Waals surface area (Å²) in [6.07, 6.45) is -4.95. The maximum Gasteiger partial charge on any atom is 0.573 e. The summed E-state index contributed by atoms with van der Waals surface area (Å²) in [5.41, 5.74) is -0.685. The van der Waals surface area contributed by atoms with E-state index in [4.69, 9.17) is 9.84 Å². The van der Waals surface area contributed by atoms with E-state index in [1.165, 1.54) is 24.3 Å². The Kier molecular flexibility index (Phi) is 4.06. The van der Waals surface area contributed by atoms with E-state index < -0.39 is 22.7 Å². The minimum Gasteiger partial charge on any atom is -0.508 e. The van der Waals surface area contributed by atoms with Gasteiger partial charge in [0.05, 0.1) is 11.0 Å². The van der Waals surface area contributed by atoms with E-state index in [-0.39, 0.29) is 17.2 Å². The molecule has 0 saturated heterocycles. The van der Waals surface area contributed by atoms with Crippen molar-refractivity contribution in [2.45, 2.75) is 6.36 Å². The second-order valence-electron chi connectivity index (χ2n) is 4.03. The Balaban J connectivity index is 2.31. The van der Waals surface area contributed by atoms with Crippen LogP contribution in [-0.2, 0) is 0 Å². The van der Waals surface area contributed by atoms with Gasteiger partial charge in [-0.1, -0.05) is 0 Å². The summed E-state index contributed by atoms with van der Waals surface area (Å²) in [7, 11) is 0. The maximum atomic E-state index is 12.1. The number of hydrogen-bond acceptors (Lipinski definition) is 5. The van der Waals surface area contributed by atoms with Gasteiger partial charge in [-0.05, 0) is 36.4 Å². The van der Waals surface area contributed by atoms with Gasteiger partial charge in [-0.15, -0.1) is 13.2 Å². The molecule has 2 rings (SSSR count). The highest BCUT2D eigenvalue weighted by Gasteiger charge is 2.32. The van der Waals surface area contributed by atoms with Gasteiger partial charge in [0, 0.05) is 0 Å². The van der Waals surface area contributed by atoms with Crippen LogP contribution in [0.4, 0.5) is 18.9 Å². The highest BCUT2D eigenvalue weighted by molar-refractivity contribution is 5.52. The van der Waals surface area contributed by atoms with Crippen molar-refractivity contribution in [3.8, 4) is 23.0 Å². The van der Waals surface area contributed by atoms with Crippen LogP contribution in [0.25, 0.3) is 0 Å². The molecular weight excluding hydrogens is 307 g/mol. The number of nitro groups is 1. The standard InChI is InChI=1S/C13H8F3NO5/c14-13(15,16)22-10-5-6-12(11(7-10)17(19)20)21-9-3-1-8(18)2-4-9/h1-7,18H. The number of phenolic OH excluding ortho intramolecular Hbond substituents is 1. The lowest BCUT2D eigenvalue weighted by molar-refractivity contribution is -0.385. The van der Waals surface area contributed by atoms with Gasteiger partial charge >= 0.3 is 12.0 Å². The lowest BCUT2D eigenvalue weighted by Crippen LogP contribution is -2.17. The molecule has 0 heterocycles. The van der Waals surface area contributed by atoms with Gasteiger partial charge in [-0.25, -0.2) is 0 Å². The number of nitrogens with zero attached hydrogens (tertiary/aromatic N) is 1. The molecule has 0 unspecified atom stereocenters. The number of nitro benzene ring substituents is 1. The molecule has 6 nitrogen and oxygen atoms in total. The van der Waals surface area contributed by atoms with Crippen LogP contribution in [0, 0.1) is 10.1 Å². The first-order valence-corrected chi connectivity index (χ1v) is 5.76. The van der Waals surface area contributed by atoms with Crippen LogP contribution in [0.3, 0.4) is 0 Å². The summed E-state index contributed by atoms with van der Waals surface area (Å²) in [4.78, 5) is 10.0. The summed E-state index contributed by atoms with van der Waals surface area (Å²) in [5, 5.41) is 20.1. The van der Waals surface area contributed by atoms with Gasteiger partial charge < -0.3 is 14.6 Å². The molecule has 1 N–H and O–H groups in total. The first kappa shape index (κ1) is 15.4. The number of phenols is 1. The predicted octanol–water partition coefficient (Wildman–Crippen LogP) is 3.99. The average Bonchev–Trinajstić information content (AvgIpc) is 2.41. The van der Waals surface area contributed by atoms with Crippen LogP contribution in [0.2, 0.25) is 0 Å². The van der Waals surface area contributed by atoms with E-state index in [2.05, 4.69) is 4.74 Å². The van der Waals surface area contributed by atoms with E-state index in [9.17, 15) is 23.3 Å². The van der Waals surface area contributed by atoms with Crippen LogP contribution in [0.1, 0.15) is 0 Å². The Labute approximate surface area is 121 Å². The fourth-order valence-electron chi connectivity index (χ4n) is 1.56. The second-order valence-corrected chi connectivity index (χ2v) is 4.03. The molecule has 0 atom stereocenters. The highest BCUT2D eigenvalue weighted by atomic mass is 19.4. The topological polar surface area (TPSA) is 81.8 Å². The Bertz CT molecular complexity index is 685. The SMILES string of the molecule is O=[N+]([O-])c1cc(OC(F)(F)F)ccc1Oc1ccc(O)cc1. The highest BCUT2D eigenvalue weighted by Crippen LogP contribution is 2.36. The van der Waals surface area contributed by atoms with Gasteiger partial charge in [0.25, 0.3) is 0 Å². The molecule has 0 radical (unpaired) electrons. The molecule has 0 bridgehead atoms. The smallest absolute Gasteiger partial charge is 0.508 e. The minimum atomic E-state index is -4.95. The largest absolute Gasteiger partial charge is 0.573 e. The van der Waals surface area contributed by atoms with Gasteiger partial charge in [-0.3, -0.25) is 10.1 Å². The normalized spacial score (nSPS) is 11.0.